The Morgan fingerprint density at radius 3 is 2.62 bits per heavy atom. The molecule has 1 aliphatic heterocycles. The van der Waals surface area contributed by atoms with E-state index in [1.165, 1.54) is 19.3 Å². The maximum absolute atomic E-state index is 12.2. The van der Waals surface area contributed by atoms with Gasteiger partial charge in [0, 0.05) is 30.2 Å². The van der Waals surface area contributed by atoms with Crippen molar-refractivity contribution in [2.24, 2.45) is 0 Å². The fraction of sp³-hybridized carbons (Fsp3) is 0.619. The van der Waals surface area contributed by atoms with Crippen LogP contribution in [0.3, 0.4) is 0 Å². The summed E-state index contributed by atoms with van der Waals surface area (Å²) in [6.45, 7) is 3.25. The number of carbonyl (C=O) groups is 2. The number of esters is 1. The second-order valence-electron chi connectivity index (χ2n) is 7.57. The lowest BCUT2D eigenvalue weighted by Crippen LogP contribution is -2.59. The number of amides is 1. The average molecular weight is 425 g/mol. The zero-order chi connectivity index (χ0) is 20.5. The number of hydrogen-bond donors (Lipinski definition) is 1. The molecule has 29 heavy (non-hydrogen) atoms. The van der Waals surface area contributed by atoms with E-state index in [4.69, 9.17) is 25.8 Å². The van der Waals surface area contributed by atoms with E-state index in [0.29, 0.717) is 17.3 Å². The van der Waals surface area contributed by atoms with Crippen LogP contribution in [0.1, 0.15) is 32.1 Å². The summed E-state index contributed by atoms with van der Waals surface area (Å²) in [7, 11) is 0. The quantitative estimate of drug-likeness (QED) is 0.646. The molecule has 1 saturated heterocycles. The summed E-state index contributed by atoms with van der Waals surface area (Å²) in [6, 6.07) is 6.75. The van der Waals surface area contributed by atoms with Gasteiger partial charge in [-0.25, -0.2) is 4.79 Å². The molecule has 8 heteroatoms. The first-order chi connectivity index (χ1) is 14.1. The zero-order valence-electron chi connectivity index (χ0n) is 16.7. The third-order valence-corrected chi connectivity index (χ3v) is 5.83. The Hall–Kier alpha value is -1.83. The van der Waals surface area contributed by atoms with Gasteiger partial charge in [-0.2, -0.15) is 0 Å². The molecule has 0 radical (unpaired) electrons. The van der Waals surface area contributed by atoms with Crippen LogP contribution in [0.5, 0.6) is 5.75 Å². The Bertz CT molecular complexity index is 687. The van der Waals surface area contributed by atoms with Crippen molar-refractivity contribution in [1.82, 2.24) is 10.2 Å². The van der Waals surface area contributed by atoms with Gasteiger partial charge in [-0.1, -0.05) is 36.9 Å². The van der Waals surface area contributed by atoms with Crippen molar-refractivity contribution in [2.75, 3.05) is 46.1 Å². The maximum Gasteiger partial charge on any atom is 0.344 e. The van der Waals surface area contributed by atoms with Crippen molar-refractivity contribution in [1.29, 1.82) is 0 Å². The zero-order valence-corrected chi connectivity index (χ0v) is 17.4. The monoisotopic (exact) mass is 424 g/mol. The van der Waals surface area contributed by atoms with Gasteiger partial charge in [0.25, 0.3) is 5.91 Å². The highest BCUT2D eigenvalue weighted by Gasteiger charge is 2.38. The van der Waals surface area contributed by atoms with Crippen molar-refractivity contribution < 1.29 is 23.8 Å². The molecule has 1 aromatic rings. The molecule has 1 N–H and O–H groups in total. The molecule has 7 nitrogen and oxygen atoms in total. The molecule has 160 valence electrons. The topological polar surface area (TPSA) is 77.1 Å². The van der Waals surface area contributed by atoms with E-state index in [2.05, 4.69) is 10.2 Å². The van der Waals surface area contributed by atoms with Gasteiger partial charge in [-0.05, 0) is 31.0 Å². The van der Waals surface area contributed by atoms with Crippen molar-refractivity contribution >= 4 is 23.5 Å². The van der Waals surface area contributed by atoms with E-state index in [9.17, 15) is 9.59 Å². The lowest BCUT2D eigenvalue weighted by Gasteiger charge is -2.48. The molecule has 0 unspecified atom stereocenters. The number of benzene rings is 1. The Balaban J connectivity index is 1.41. The highest BCUT2D eigenvalue weighted by atomic mass is 35.5. The van der Waals surface area contributed by atoms with E-state index in [0.717, 1.165) is 39.1 Å². The van der Waals surface area contributed by atoms with Crippen LogP contribution < -0.4 is 10.1 Å². The fourth-order valence-electron chi connectivity index (χ4n) is 4.05. The summed E-state index contributed by atoms with van der Waals surface area (Å²) in [5, 5.41) is 3.49. The lowest BCUT2D eigenvalue weighted by atomic mass is 9.79. The Morgan fingerprint density at radius 2 is 1.90 bits per heavy atom. The Labute approximate surface area is 176 Å². The summed E-state index contributed by atoms with van der Waals surface area (Å²) in [5.41, 5.74) is -0.0165. The van der Waals surface area contributed by atoms with E-state index in [1.807, 2.05) is 0 Å². The van der Waals surface area contributed by atoms with Gasteiger partial charge in [0.05, 0.1) is 13.2 Å². The molecule has 1 aromatic carbocycles. The van der Waals surface area contributed by atoms with Crippen LogP contribution in [-0.2, 0) is 19.1 Å². The Morgan fingerprint density at radius 1 is 1.14 bits per heavy atom. The van der Waals surface area contributed by atoms with E-state index in [1.54, 1.807) is 24.3 Å². The van der Waals surface area contributed by atoms with Gasteiger partial charge in [-0.15, -0.1) is 0 Å². The van der Waals surface area contributed by atoms with E-state index < -0.39 is 5.97 Å². The third-order valence-electron chi connectivity index (χ3n) is 5.60. The second kappa shape index (κ2) is 10.8. The number of nitrogens with one attached hydrogen (secondary N) is 1. The summed E-state index contributed by atoms with van der Waals surface area (Å²) in [4.78, 5) is 26.5. The third kappa shape index (κ3) is 6.59. The predicted octanol–water partition coefficient (Wildman–Crippen LogP) is 2.41. The van der Waals surface area contributed by atoms with Crippen LogP contribution in [0.2, 0.25) is 5.02 Å². The smallest absolute Gasteiger partial charge is 0.344 e. The largest absolute Gasteiger partial charge is 0.482 e. The molecular weight excluding hydrogens is 396 g/mol. The molecule has 0 atom stereocenters. The van der Waals surface area contributed by atoms with Gasteiger partial charge >= 0.3 is 5.97 Å². The van der Waals surface area contributed by atoms with Gasteiger partial charge in [-0.3, -0.25) is 9.69 Å². The van der Waals surface area contributed by atoms with E-state index >= 15 is 0 Å². The Kier molecular flexibility index (Phi) is 8.15. The average Bonchev–Trinajstić information content (AvgIpc) is 2.76. The first-order valence-electron chi connectivity index (χ1n) is 10.2. The van der Waals surface area contributed by atoms with Crippen LogP contribution in [-0.4, -0.2) is 68.4 Å². The van der Waals surface area contributed by atoms with Crippen molar-refractivity contribution in [3.63, 3.8) is 0 Å². The van der Waals surface area contributed by atoms with E-state index in [-0.39, 0.29) is 24.7 Å². The molecule has 2 aliphatic rings. The maximum atomic E-state index is 12.2. The normalized spacial score (nSPS) is 19.3. The van der Waals surface area contributed by atoms with Gasteiger partial charge < -0.3 is 19.5 Å². The highest BCUT2D eigenvalue weighted by molar-refractivity contribution is 6.30. The minimum absolute atomic E-state index is 0.0165. The first kappa shape index (κ1) is 21.9. The van der Waals surface area contributed by atoms with Crippen LogP contribution >= 0.6 is 11.6 Å². The molecule has 0 bridgehead atoms. The van der Waals surface area contributed by atoms with Crippen LogP contribution in [0, 0.1) is 0 Å². The highest BCUT2D eigenvalue weighted by Crippen LogP contribution is 2.33. The summed E-state index contributed by atoms with van der Waals surface area (Å²) >= 11 is 5.87. The molecule has 1 aliphatic carbocycles. The molecule has 3 rings (SSSR count). The van der Waals surface area contributed by atoms with Crippen LogP contribution in [0.4, 0.5) is 0 Å². The van der Waals surface area contributed by atoms with Gasteiger partial charge in [0.1, 0.15) is 5.75 Å². The fourth-order valence-corrected chi connectivity index (χ4v) is 4.23. The lowest BCUT2D eigenvalue weighted by molar-refractivity contribution is -0.150. The molecular formula is C21H29ClN2O5. The van der Waals surface area contributed by atoms with Crippen LogP contribution in [0.25, 0.3) is 0 Å². The molecule has 0 spiro atoms. The minimum Gasteiger partial charge on any atom is -0.482 e. The number of carbonyl (C=O) groups excluding carboxylic acids is 2. The molecule has 1 heterocycles. The molecule has 0 aromatic heterocycles. The molecule has 1 amide bonds. The van der Waals surface area contributed by atoms with Crippen molar-refractivity contribution in [3.8, 4) is 5.75 Å². The summed E-state index contributed by atoms with van der Waals surface area (Å²) < 4.78 is 15.8. The molecule has 1 saturated carbocycles. The van der Waals surface area contributed by atoms with Crippen molar-refractivity contribution in [2.45, 2.75) is 37.6 Å². The van der Waals surface area contributed by atoms with Gasteiger partial charge in [0.2, 0.25) is 0 Å². The summed E-state index contributed by atoms with van der Waals surface area (Å²) in [6.07, 6.45) is 5.72. The standard InChI is InChI=1S/C21H29ClN2O5/c22-17-5-4-6-18(13-17)28-15-20(26)29-14-19(25)23-16-21(7-2-1-3-8-21)24-9-11-27-12-10-24/h4-6,13H,1-3,7-12,14-16H2,(H,23,25). The van der Waals surface area contributed by atoms with Gasteiger partial charge in [0.15, 0.2) is 13.2 Å². The minimum atomic E-state index is -0.597. The number of hydrogen-bond acceptors (Lipinski definition) is 6. The number of nitrogens with zero attached hydrogens (tertiary/aromatic N) is 1. The number of rotatable bonds is 8. The second-order valence-corrected chi connectivity index (χ2v) is 8.00. The van der Waals surface area contributed by atoms with Crippen molar-refractivity contribution in [3.05, 3.63) is 29.3 Å². The molecule has 2 fully saturated rings. The first-order valence-corrected chi connectivity index (χ1v) is 10.6. The number of morpholine rings is 1. The number of ether oxygens (including phenoxy) is 3. The number of halogens is 1. The predicted molar refractivity (Wildman–Crippen MR) is 109 cm³/mol. The summed E-state index contributed by atoms with van der Waals surface area (Å²) in [5.74, 6) is -0.413. The van der Waals surface area contributed by atoms with Crippen LogP contribution in [0.15, 0.2) is 24.3 Å². The SMILES string of the molecule is O=C(COC(=O)COc1cccc(Cl)c1)NCC1(N2CCOCC2)CCCCC1.